The molecule has 2 N–H and O–H groups in total. The summed E-state index contributed by atoms with van der Waals surface area (Å²) in [5.74, 6) is 0.505. The lowest BCUT2D eigenvalue weighted by atomic mass is 10.0. The molecular weight excluding hydrogens is 300 g/mol. The molecule has 1 amide bonds. The zero-order valence-electron chi connectivity index (χ0n) is 12.8. The van der Waals surface area contributed by atoms with Crippen molar-refractivity contribution >= 4 is 28.9 Å². The highest BCUT2D eigenvalue weighted by Gasteiger charge is 2.44. The number of thiocarbonyl (C=S) groups is 1. The van der Waals surface area contributed by atoms with Gasteiger partial charge in [0.25, 0.3) is 5.91 Å². The quantitative estimate of drug-likeness (QED) is 0.816. The van der Waals surface area contributed by atoms with Crippen molar-refractivity contribution < 1.29 is 9.53 Å². The molecule has 2 fully saturated rings. The van der Waals surface area contributed by atoms with Gasteiger partial charge < -0.3 is 20.3 Å². The van der Waals surface area contributed by atoms with Crippen molar-refractivity contribution in [3.05, 3.63) is 18.3 Å². The Labute approximate surface area is 135 Å². The summed E-state index contributed by atoms with van der Waals surface area (Å²) < 4.78 is 5.89. The monoisotopic (exact) mass is 320 g/mol. The van der Waals surface area contributed by atoms with Crippen LogP contribution in [0.25, 0.3) is 0 Å². The number of carbonyl (C=O) groups excluding carboxylic acids is 1. The fraction of sp³-hybridized carbons (Fsp3) is 0.533. The minimum absolute atomic E-state index is 0.104. The number of hydrogen-bond acceptors (Lipinski definition) is 5. The minimum atomic E-state index is -0.712. The molecule has 2 aliphatic rings. The van der Waals surface area contributed by atoms with Crippen molar-refractivity contribution in [3.8, 4) is 5.88 Å². The van der Waals surface area contributed by atoms with Gasteiger partial charge in [0.05, 0.1) is 11.9 Å². The molecule has 1 aromatic heterocycles. The summed E-state index contributed by atoms with van der Waals surface area (Å²) in [5.41, 5.74) is 0.0712. The average molecular weight is 320 g/mol. The molecule has 118 valence electrons. The fourth-order valence-corrected chi connectivity index (χ4v) is 3.19. The van der Waals surface area contributed by atoms with Crippen molar-refractivity contribution in [2.45, 2.75) is 38.3 Å². The summed E-state index contributed by atoms with van der Waals surface area (Å²) in [6.45, 7) is 5.63. The number of nitrogens with one attached hydrogen (secondary N) is 2. The second kappa shape index (κ2) is 5.81. The molecule has 3 rings (SSSR count). The van der Waals surface area contributed by atoms with Gasteiger partial charge in [-0.25, -0.2) is 4.98 Å². The van der Waals surface area contributed by atoms with Gasteiger partial charge in [-0.05, 0) is 58.1 Å². The van der Waals surface area contributed by atoms with Crippen LogP contribution in [0.3, 0.4) is 0 Å². The number of ether oxygens (including phenoxy) is 1. The molecule has 0 radical (unpaired) electrons. The second-order valence-electron chi connectivity index (χ2n) is 6.08. The first-order valence-corrected chi connectivity index (χ1v) is 7.88. The average Bonchev–Trinajstić information content (AvgIpc) is 2.70. The van der Waals surface area contributed by atoms with Crippen LogP contribution >= 0.6 is 12.2 Å². The van der Waals surface area contributed by atoms with Gasteiger partial charge in [-0.2, -0.15) is 0 Å². The number of rotatable bonds is 3. The fourth-order valence-electron chi connectivity index (χ4n) is 2.76. The lowest BCUT2D eigenvalue weighted by Gasteiger charge is -2.29. The van der Waals surface area contributed by atoms with Gasteiger partial charge in [-0.3, -0.25) is 4.79 Å². The van der Waals surface area contributed by atoms with Gasteiger partial charge in [0.1, 0.15) is 11.6 Å². The number of aromatic nitrogens is 1. The zero-order valence-corrected chi connectivity index (χ0v) is 13.6. The van der Waals surface area contributed by atoms with Crippen LogP contribution in [-0.2, 0) is 4.79 Å². The predicted octanol–water partition coefficient (Wildman–Crippen LogP) is 1.21. The van der Waals surface area contributed by atoms with Crippen LogP contribution < -0.4 is 20.3 Å². The number of nitrogens with zero attached hydrogens (tertiary/aromatic N) is 2. The lowest BCUT2D eigenvalue weighted by molar-refractivity contribution is -0.122. The smallest absolute Gasteiger partial charge is 0.251 e. The third-order valence-electron chi connectivity index (χ3n) is 4.09. The molecule has 0 aliphatic carbocycles. The number of anilines is 1. The van der Waals surface area contributed by atoms with Crippen LogP contribution in [0.15, 0.2) is 18.3 Å². The molecule has 0 aromatic carbocycles. The Kier molecular flexibility index (Phi) is 4.01. The van der Waals surface area contributed by atoms with Crippen LogP contribution in [0.1, 0.15) is 26.7 Å². The van der Waals surface area contributed by atoms with Crippen molar-refractivity contribution in [2.24, 2.45) is 0 Å². The molecule has 0 bridgehead atoms. The summed E-state index contributed by atoms with van der Waals surface area (Å²) in [7, 11) is 0. The van der Waals surface area contributed by atoms with E-state index < -0.39 is 5.54 Å². The van der Waals surface area contributed by atoms with Crippen LogP contribution in [0, 0.1) is 0 Å². The second-order valence-corrected chi connectivity index (χ2v) is 6.46. The first-order chi connectivity index (χ1) is 10.5. The summed E-state index contributed by atoms with van der Waals surface area (Å²) >= 11 is 5.24. The molecular formula is C15H20N4O2S. The molecule has 2 aliphatic heterocycles. The number of pyridine rings is 1. The molecule has 0 spiro atoms. The van der Waals surface area contributed by atoms with Gasteiger partial charge in [0.2, 0.25) is 5.88 Å². The van der Waals surface area contributed by atoms with E-state index >= 15 is 0 Å². The van der Waals surface area contributed by atoms with Gasteiger partial charge in [-0.1, -0.05) is 0 Å². The Morgan fingerprint density at radius 3 is 2.64 bits per heavy atom. The maximum absolute atomic E-state index is 11.9. The van der Waals surface area contributed by atoms with E-state index in [0.29, 0.717) is 11.0 Å². The highest BCUT2D eigenvalue weighted by molar-refractivity contribution is 7.80. The third kappa shape index (κ3) is 2.78. The van der Waals surface area contributed by atoms with E-state index in [1.165, 1.54) is 0 Å². The predicted molar refractivity (Wildman–Crippen MR) is 88.1 cm³/mol. The molecule has 1 aromatic rings. The summed E-state index contributed by atoms with van der Waals surface area (Å²) in [4.78, 5) is 18.1. The molecule has 3 heterocycles. The largest absolute Gasteiger partial charge is 0.474 e. The lowest BCUT2D eigenvalue weighted by Crippen LogP contribution is -2.44. The highest BCUT2D eigenvalue weighted by atomic mass is 32.1. The van der Waals surface area contributed by atoms with Crippen molar-refractivity contribution in [2.75, 3.05) is 18.0 Å². The number of amides is 1. The van der Waals surface area contributed by atoms with Crippen molar-refractivity contribution in [1.29, 1.82) is 0 Å². The normalized spacial score (nSPS) is 21.8. The van der Waals surface area contributed by atoms with E-state index in [2.05, 4.69) is 15.6 Å². The summed E-state index contributed by atoms with van der Waals surface area (Å²) in [6, 6.07) is 3.72. The molecule has 7 heteroatoms. The van der Waals surface area contributed by atoms with Crippen molar-refractivity contribution in [1.82, 2.24) is 15.6 Å². The Morgan fingerprint density at radius 1 is 1.36 bits per heavy atom. The third-order valence-corrected chi connectivity index (χ3v) is 4.38. The van der Waals surface area contributed by atoms with Crippen LogP contribution in [0.4, 0.5) is 5.69 Å². The van der Waals surface area contributed by atoms with Crippen molar-refractivity contribution in [3.63, 3.8) is 0 Å². The Morgan fingerprint density at radius 2 is 2.09 bits per heavy atom. The Hall–Kier alpha value is -1.73. The van der Waals surface area contributed by atoms with Crippen LogP contribution in [0.2, 0.25) is 0 Å². The molecule has 22 heavy (non-hydrogen) atoms. The maximum atomic E-state index is 11.9. The Bertz CT molecular complexity index is 582. The number of hydrogen-bond donors (Lipinski definition) is 2. The molecule has 2 saturated heterocycles. The molecule has 0 unspecified atom stereocenters. The SMILES string of the molecule is CC1(C)C(=O)NC(=S)N1c1ccc(OC2CCNCC2)nc1. The molecule has 0 saturated carbocycles. The minimum Gasteiger partial charge on any atom is -0.474 e. The molecule has 6 nitrogen and oxygen atoms in total. The molecule has 0 atom stereocenters. The maximum Gasteiger partial charge on any atom is 0.251 e. The highest BCUT2D eigenvalue weighted by Crippen LogP contribution is 2.29. The van der Waals surface area contributed by atoms with Crippen LogP contribution in [0.5, 0.6) is 5.88 Å². The van der Waals surface area contributed by atoms with Gasteiger partial charge in [-0.15, -0.1) is 0 Å². The van der Waals surface area contributed by atoms with Gasteiger partial charge in [0, 0.05) is 6.07 Å². The van der Waals surface area contributed by atoms with E-state index in [-0.39, 0.29) is 12.0 Å². The Balaban J connectivity index is 1.74. The van der Waals surface area contributed by atoms with E-state index in [1.54, 1.807) is 11.1 Å². The number of carbonyl (C=O) groups is 1. The number of piperidine rings is 1. The first kappa shape index (κ1) is 15.2. The standard InChI is InChI=1S/C15H20N4O2S/c1-15(2)13(20)18-14(22)19(15)10-3-4-12(17-9-10)21-11-5-7-16-8-6-11/h3-4,9,11,16H,5-8H2,1-2H3,(H,18,20,22). The van der Waals surface area contributed by atoms with E-state index in [9.17, 15) is 4.79 Å². The zero-order chi connectivity index (χ0) is 15.7. The topological polar surface area (TPSA) is 66.5 Å². The van der Waals surface area contributed by atoms with E-state index in [4.69, 9.17) is 17.0 Å². The summed E-state index contributed by atoms with van der Waals surface area (Å²) in [6.07, 6.45) is 3.90. The van der Waals surface area contributed by atoms with E-state index in [1.807, 2.05) is 26.0 Å². The van der Waals surface area contributed by atoms with Crippen LogP contribution in [-0.4, -0.2) is 40.7 Å². The van der Waals surface area contributed by atoms with Gasteiger partial charge in [0.15, 0.2) is 5.11 Å². The first-order valence-electron chi connectivity index (χ1n) is 7.47. The van der Waals surface area contributed by atoms with Gasteiger partial charge >= 0.3 is 0 Å². The van der Waals surface area contributed by atoms with E-state index in [0.717, 1.165) is 31.6 Å². The summed E-state index contributed by atoms with van der Waals surface area (Å²) in [5, 5.41) is 6.40.